The van der Waals surface area contributed by atoms with Crippen LogP contribution in [0.15, 0.2) is 66.7 Å². The SMILES string of the molecule is CN1CCN(c2ccc(Nc3cc(C(=O)N4CCCC4CN4CCCC4)c4cc(-c5ccc6c(c5)OCO6)ccc4n3)cc2)CC1. The van der Waals surface area contributed by atoms with Crippen molar-refractivity contribution in [2.45, 2.75) is 31.7 Å². The molecule has 4 aromatic rings. The number of piperazine rings is 1. The van der Waals surface area contributed by atoms with Crippen molar-refractivity contribution in [3.8, 4) is 22.6 Å². The van der Waals surface area contributed by atoms with E-state index >= 15 is 0 Å². The Balaban J connectivity index is 1.12. The van der Waals surface area contributed by atoms with Crippen molar-refractivity contribution in [1.29, 1.82) is 0 Å². The van der Waals surface area contributed by atoms with Crippen LogP contribution in [-0.4, -0.2) is 97.8 Å². The Labute approximate surface area is 270 Å². The van der Waals surface area contributed by atoms with Gasteiger partial charge in [-0.1, -0.05) is 12.1 Å². The van der Waals surface area contributed by atoms with E-state index < -0.39 is 0 Å². The van der Waals surface area contributed by atoms with E-state index in [-0.39, 0.29) is 18.7 Å². The van der Waals surface area contributed by atoms with Gasteiger partial charge < -0.3 is 34.4 Å². The van der Waals surface area contributed by atoms with Gasteiger partial charge in [0.15, 0.2) is 11.5 Å². The van der Waals surface area contributed by atoms with Gasteiger partial charge in [-0.3, -0.25) is 4.79 Å². The van der Waals surface area contributed by atoms with E-state index in [2.05, 4.69) is 68.4 Å². The molecule has 8 rings (SSSR count). The van der Waals surface area contributed by atoms with E-state index in [9.17, 15) is 4.79 Å². The summed E-state index contributed by atoms with van der Waals surface area (Å²) >= 11 is 0. The summed E-state index contributed by atoms with van der Waals surface area (Å²) in [6.45, 7) is 8.47. The number of nitrogens with one attached hydrogen (secondary N) is 1. The van der Waals surface area contributed by atoms with Gasteiger partial charge in [-0.15, -0.1) is 0 Å². The fourth-order valence-corrected chi connectivity index (χ4v) is 7.40. The normalized spacial score (nSPS) is 20.2. The van der Waals surface area contributed by atoms with Crippen LogP contribution in [0.2, 0.25) is 0 Å². The first-order valence-corrected chi connectivity index (χ1v) is 16.8. The standard InChI is InChI=1S/C37H42N6O3/c1-40-17-19-42(20-18-40)29-10-8-28(9-11-29)38-36-23-32(37(44)43-16-4-5-30(43)24-41-14-2-3-15-41)31-21-26(6-12-33(31)39-36)27-7-13-34-35(22-27)46-25-45-34/h6-13,21-23,30H,2-5,14-20,24-25H2,1H3,(H,38,39). The summed E-state index contributed by atoms with van der Waals surface area (Å²) in [5.41, 5.74) is 5.69. The van der Waals surface area contributed by atoms with Crippen LogP contribution in [0.1, 0.15) is 36.0 Å². The Morgan fingerprint density at radius 3 is 2.41 bits per heavy atom. The molecule has 9 nitrogen and oxygen atoms in total. The highest BCUT2D eigenvalue weighted by Crippen LogP contribution is 2.37. The van der Waals surface area contributed by atoms with Crippen LogP contribution in [0.5, 0.6) is 11.5 Å². The molecule has 1 unspecified atom stereocenters. The number of fused-ring (bicyclic) bond motifs is 2. The van der Waals surface area contributed by atoms with Crippen molar-refractivity contribution in [2.24, 2.45) is 0 Å². The summed E-state index contributed by atoms with van der Waals surface area (Å²) in [4.78, 5) is 28.9. The summed E-state index contributed by atoms with van der Waals surface area (Å²) < 4.78 is 11.2. The van der Waals surface area contributed by atoms with Gasteiger partial charge in [-0.2, -0.15) is 0 Å². The lowest BCUT2D eigenvalue weighted by molar-refractivity contribution is 0.0710. The maximum atomic E-state index is 14.5. The number of anilines is 3. The molecular formula is C37H42N6O3. The van der Waals surface area contributed by atoms with Crippen LogP contribution in [0.4, 0.5) is 17.2 Å². The first kappa shape index (κ1) is 29.1. The predicted octanol–water partition coefficient (Wildman–Crippen LogP) is 5.83. The second kappa shape index (κ2) is 12.5. The van der Waals surface area contributed by atoms with Gasteiger partial charge in [0.1, 0.15) is 5.82 Å². The number of aromatic nitrogens is 1. The van der Waals surface area contributed by atoms with Crippen molar-refractivity contribution < 1.29 is 14.3 Å². The third-order valence-electron chi connectivity index (χ3n) is 10.1. The minimum absolute atomic E-state index is 0.0883. The molecule has 5 heterocycles. The molecule has 1 N–H and O–H groups in total. The minimum Gasteiger partial charge on any atom is -0.454 e. The largest absolute Gasteiger partial charge is 0.454 e. The lowest BCUT2D eigenvalue weighted by Gasteiger charge is -2.34. The molecule has 4 aliphatic heterocycles. The number of rotatable bonds is 7. The second-order valence-corrected chi connectivity index (χ2v) is 13.1. The first-order chi connectivity index (χ1) is 22.6. The number of carbonyl (C=O) groups excluding carboxylic acids is 1. The van der Waals surface area contributed by atoms with Crippen LogP contribution >= 0.6 is 0 Å². The molecular weight excluding hydrogens is 576 g/mol. The number of hydrogen-bond acceptors (Lipinski definition) is 8. The number of carbonyl (C=O) groups is 1. The van der Waals surface area contributed by atoms with E-state index in [1.54, 1.807) is 0 Å². The van der Waals surface area contributed by atoms with Gasteiger partial charge in [0.05, 0.1) is 11.1 Å². The number of nitrogens with zero attached hydrogens (tertiary/aromatic N) is 5. The highest BCUT2D eigenvalue weighted by atomic mass is 16.7. The average Bonchev–Trinajstić information content (AvgIpc) is 3.88. The number of likely N-dealkylation sites (tertiary alicyclic amines) is 2. The van der Waals surface area contributed by atoms with E-state index in [4.69, 9.17) is 14.5 Å². The maximum Gasteiger partial charge on any atom is 0.254 e. The number of hydrogen-bond donors (Lipinski definition) is 1. The molecule has 0 spiro atoms. The third kappa shape index (κ3) is 5.85. The zero-order chi connectivity index (χ0) is 31.0. The second-order valence-electron chi connectivity index (χ2n) is 13.1. The van der Waals surface area contributed by atoms with Crippen molar-refractivity contribution in [3.05, 3.63) is 72.3 Å². The van der Waals surface area contributed by atoms with Gasteiger partial charge in [0.2, 0.25) is 6.79 Å². The van der Waals surface area contributed by atoms with Gasteiger partial charge >= 0.3 is 0 Å². The van der Waals surface area contributed by atoms with Crippen molar-refractivity contribution in [1.82, 2.24) is 19.7 Å². The third-order valence-corrected chi connectivity index (χ3v) is 10.1. The molecule has 0 bridgehead atoms. The molecule has 0 saturated carbocycles. The Morgan fingerprint density at radius 1 is 0.826 bits per heavy atom. The van der Waals surface area contributed by atoms with Crippen LogP contribution in [-0.2, 0) is 0 Å². The monoisotopic (exact) mass is 618 g/mol. The van der Waals surface area contributed by atoms with E-state index in [0.717, 1.165) is 104 Å². The topological polar surface area (TPSA) is 73.4 Å². The van der Waals surface area contributed by atoms with Gasteiger partial charge in [-0.25, -0.2) is 4.98 Å². The molecule has 1 aromatic heterocycles. The molecule has 0 aliphatic carbocycles. The van der Waals surface area contributed by atoms with Crippen LogP contribution < -0.4 is 19.7 Å². The Bertz CT molecular complexity index is 1730. The number of pyridine rings is 1. The predicted molar refractivity (Wildman–Crippen MR) is 182 cm³/mol. The molecule has 0 radical (unpaired) electrons. The maximum absolute atomic E-state index is 14.5. The molecule has 3 aromatic carbocycles. The van der Waals surface area contributed by atoms with Gasteiger partial charge in [-0.05, 0) is 112 Å². The highest BCUT2D eigenvalue weighted by molar-refractivity contribution is 6.08. The summed E-state index contributed by atoms with van der Waals surface area (Å²) in [5.74, 6) is 2.26. The number of ether oxygens (including phenoxy) is 2. The number of likely N-dealkylation sites (N-methyl/N-ethyl adjacent to an activating group) is 1. The molecule has 1 atom stereocenters. The lowest BCUT2D eigenvalue weighted by atomic mass is 9.99. The van der Waals surface area contributed by atoms with Crippen molar-refractivity contribution in [2.75, 3.05) is 76.4 Å². The van der Waals surface area contributed by atoms with Crippen molar-refractivity contribution in [3.63, 3.8) is 0 Å². The number of benzene rings is 3. The van der Waals surface area contributed by atoms with E-state index in [0.29, 0.717) is 11.4 Å². The van der Waals surface area contributed by atoms with Crippen LogP contribution in [0, 0.1) is 0 Å². The van der Waals surface area contributed by atoms with Crippen LogP contribution in [0.25, 0.3) is 22.0 Å². The summed E-state index contributed by atoms with van der Waals surface area (Å²) in [5, 5.41) is 4.38. The smallest absolute Gasteiger partial charge is 0.254 e. The fourth-order valence-electron chi connectivity index (χ4n) is 7.40. The lowest BCUT2D eigenvalue weighted by Crippen LogP contribution is -2.44. The Hall–Kier alpha value is -4.34. The molecule has 1 amide bonds. The van der Waals surface area contributed by atoms with Crippen molar-refractivity contribution >= 4 is 34.0 Å². The van der Waals surface area contributed by atoms with Crippen LogP contribution in [0.3, 0.4) is 0 Å². The Kier molecular flexibility index (Phi) is 7.88. The fraction of sp³-hybridized carbons (Fsp3) is 0.405. The van der Waals surface area contributed by atoms with E-state index in [1.807, 2.05) is 30.3 Å². The summed E-state index contributed by atoms with van der Waals surface area (Å²) in [6, 6.07) is 22.9. The van der Waals surface area contributed by atoms with Gasteiger partial charge in [0, 0.05) is 62.1 Å². The zero-order valence-electron chi connectivity index (χ0n) is 26.6. The van der Waals surface area contributed by atoms with E-state index in [1.165, 1.54) is 18.5 Å². The zero-order valence-corrected chi connectivity index (χ0v) is 26.6. The summed E-state index contributed by atoms with van der Waals surface area (Å²) in [6.07, 6.45) is 4.60. The molecule has 3 fully saturated rings. The Morgan fingerprint density at radius 2 is 1.59 bits per heavy atom. The highest BCUT2D eigenvalue weighted by Gasteiger charge is 2.32. The summed E-state index contributed by atoms with van der Waals surface area (Å²) in [7, 11) is 2.18. The molecule has 46 heavy (non-hydrogen) atoms. The average molecular weight is 619 g/mol. The molecule has 3 saturated heterocycles. The quantitative estimate of drug-likeness (QED) is 0.278. The molecule has 238 valence electrons. The molecule has 4 aliphatic rings. The van der Waals surface area contributed by atoms with Gasteiger partial charge in [0.25, 0.3) is 5.91 Å². The minimum atomic E-state index is 0.0883. The molecule has 9 heteroatoms. The number of amides is 1. The first-order valence-electron chi connectivity index (χ1n) is 16.8.